The van der Waals surface area contributed by atoms with Crippen molar-refractivity contribution in [3.63, 3.8) is 0 Å². The van der Waals surface area contributed by atoms with E-state index in [1.165, 1.54) is 0 Å². The molecule has 0 heterocycles. The summed E-state index contributed by atoms with van der Waals surface area (Å²) in [6.07, 6.45) is 1.89. The molecule has 0 atom stereocenters. The lowest BCUT2D eigenvalue weighted by atomic mass is 10.1. The SMILES string of the molecule is CCCc1cc(Oc2ccccc2)c(O)c(Oc2ccccc2)c1. The number of phenols is 1. The lowest BCUT2D eigenvalue weighted by Crippen LogP contribution is -1.93. The van der Waals surface area contributed by atoms with Crippen molar-refractivity contribution in [1.29, 1.82) is 0 Å². The zero-order valence-electron chi connectivity index (χ0n) is 13.6. The molecular formula is C21H20O3. The Morgan fingerprint density at radius 2 is 1.21 bits per heavy atom. The largest absolute Gasteiger partial charge is 0.502 e. The third-order valence-corrected chi connectivity index (χ3v) is 3.58. The van der Waals surface area contributed by atoms with Gasteiger partial charge in [-0.2, -0.15) is 0 Å². The third kappa shape index (κ3) is 3.87. The van der Waals surface area contributed by atoms with Gasteiger partial charge in [0.05, 0.1) is 0 Å². The second-order valence-electron chi connectivity index (χ2n) is 5.52. The van der Waals surface area contributed by atoms with Crippen LogP contribution in [-0.4, -0.2) is 5.11 Å². The number of benzene rings is 3. The van der Waals surface area contributed by atoms with Crippen molar-refractivity contribution < 1.29 is 14.6 Å². The van der Waals surface area contributed by atoms with Crippen LogP contribution in [0.3, 0.4) is 0 Å². The van der Waals surface area contributed by atoms with Crippen molar-refractivity contribution in [3.8, 4) is 28.7 Å². The number of para-hydroxylation sites is 2. The lowest BCUT2D eigenvalue weighted by Gasteiger charge is -2.14. The van der Waals surface area contributed by atoms with Crippen LogP contribution in [0.2, 0.25) is 0 Å². The normalized spacial score (nSPS) is 10.4. The van der Waals surface area contributed by atoms with E-state index in [1.807, 2.05) is 72.8 Å². The Labute approximate surface area is 142 Å². The van der Waals surface area contributed by atoms with Crippen molar-refractivity contribution in [1.82, 2.24) is 0 Å². The highest BCUT2D eigenvalue weighted by atomic mass is 16.5. The van der Waals surface area contributed by atoms with Crippen LogP contribution < -0.4 is 9.47 Å². The summed E-state index contributed by atoms with van der Waals surface area (Å²) in [4.78, 5) is 0. The molecule has 3 aromatic carbocycles. The summed E-state index contributed by atoms with van der Waals surface area (Å²) in [5.41, 5.74) is 1.06. The number of rotatable bonds is 6. The number of ether oxygens (including phenoxy) is 2. The second kappa shape index (κ2) is 7.55. The fraction of sp³-hybridized carbons (Fsp3) is 0.143. The van der Waals surface area contributed by atoms with Crippen molar-refractivity contribution in [2.45, 2.75) is 19.8 Å². The van der Waals surface area contributed by atoms with Crippen molar-refractivity contribution >= 4 is 0 Å². The van der Waals surface area contributed by atoms with E-state index in [9.17, 15) is 5.11 Å². The first-order chi connectivity index (χ1) is 11.8. The molecule has 0 aliphatic heterocycles. The monoisotopic (exact) mass is 320 g/mol. The van der Waals surface area contributed by atoms with Crippen molar-refractivity contribution in [3.05, 3.63) is 78.4 Å². The van der Waals surface area contributed by atoms with Gasteiger partial charge in [-0.3, -0.25) is 0 Å². The van der Waals surface area contributed by atoms with Crippen LogP contribution in [0.25, 0.3) is 0 Å². The third-order valence-electron chi connectivity index (χ3n) is 3.58. The molecule has 0 aliphatic carbocycles. The number of aryl methyl sites for hydroxylation is 1. The Kier molecular flexibility index (Phi) is 5.02. The highest BCUT2D eigenvalue weighted by Crippen LogP contribution is 2.42. The summed E-state index contributed by atoms with van der Waals surface area (Å²) in [7, 11) is 0. The van der Waals surface area contributed by atoms with Gasteiger partial charge >= 0.3 is 0 Å². The Morgan fingerprint density at radius 3 is 1.62 bits per heavy atom. The molecule has 0 fully saturated rings. The Bertz CT molecular complexity index is 720. The fourth-order valence-corrected chi connectivity index (χ4v) is 2.46. The summed E-state index contributed by atoms with van der Waals surface area (Å²) in [5, 5.41) is 10.6. The van der Waals surface area contributed by atoms with Gasteiger partial charge in [0.15, 0.2) is 11.5 Å². The molecule has 0 spiro atoms. The van der Waals surface area contributed by atoms with Gasteiger partial charge in [-0.25, -0.2) is 0 Å². The summed E-state index contributed by atoms with van der Waals surface area (Å²) >= 11 is 0. The lowest BCUT2D eigenvalue weighted by molar-refractivity contribution is 0.377. The van der Waals surface area contributed by atoms with E-state index in [4.69, 9.17) is 9.47 Å². The molecule has 1 N–H and O–H groups in total. The second-order valence-corrected chi connectivity index (χ2v) is 5.52. The topological polar surface area (TPSA) is 38.7 Å². The molecule has 3 rings (SSSR count). The quantitative estimate of drug-likeness (QED) is 0.612. The standard InChI is InChI=1S/C21H20O3/c1-2-9-16-14-19(23-17-10-5-3-6-11-17)21(22)20(15-16)24-18-12-7-4-8-13-18/h3-8,10-15,22H,2,9H2,1H3. The van der Waals surface area contributed by atoms with Crippen LogP contribution in [0.5, 0.6) is 28.7 Å². The van der Waals surface area contributed by atoms with Gasteiger partial charge in [0.1, 0.15) is 11.5 Å². The van der Waals surface area contributed by atoms with Gasteiger partial charge in [0, 0.05) is 0 Å². The van der Waals surface area contributed by atoms with E-state index in [0.29, 0.717) is 23.0 Å². The molecule has 24 heavy (non-hydrogen) atoms. The first-order valence-corrected chi connectivity index (χ1v) is 8.08. The molecule has 3 heteroatoms. The maximum atomic E-state index is 10.6. The molecule has 0 saturated heterocycles. The minimum atomic E-state index is 0.00237. The van der Waals surface area contributed by atoms with E-state index in [-0.39, 0.29) is 5.75 Å². The molecule has 0 aliphatic rings. The summed E-state index contributed by atoms with van der Waals surface area (Å²) in [6.45, 7) is 2.11. The molecule has 3 nitrogen and oxygen atoms in total. The molecule has 3 aromatic rings. The average molecular weight is 320 g/mol. The molecular weight excluding hydrogens is 300 g/mol. The predicted molar refractivity (Wildman–Crippen MR) is 95.1 cm³/mol. The Hall–Kier alpha value is -2.94. The molecule has 0 unspecified atom stereocenters. The van der Waals surface area contributed by atoms with Gasteiger partial charge in [0.2, 0.25) is 5.75 Å². The van der Waals surface area contributed by atoms with Gasteiger partial charge in [-0.05, 0) is 48.4 Å². The first-order valence-electron chi connectivity index (χ1n) is 8.08. The zero-order valence-corrected chi connectivity index (χ0v) is 13.6. The minimum absolute atomic E-state index is 0.00237. The maximum Gasteiger partial charge on any atom is 0.202 e. The summed E-state index contributed by atoms with van der Waals surface area (Å²) < 4.78 is 11.7. The maximum absolute atomic E-state index is 10.6. The van der Waals surface area contributed by atoms with Crippen LogP contribution in [0.1, 0.15) is 18.9 Å². The van der Waals surface area contributed by atoms with E-state index in [1.54, 1.807) is 0 Å². The van der Waals surface area contributed by atoms with Gasteiger partial charge in [-0.1, -0.05) is 49.7 Å². The van der Waals surface area contributed by atoms with Crippen LogP contribution in [0.4, 0.5) is 0 Å². The molecule has 122 valence electrons. The molecule has 0 bridgehead atoms. The highest BCUT2D eigenvalue weighted by molar-refractivity contribution is 5.55. The fourth-order valence-electron chi connectivity index (χ4n) is 2.46. The smallest absolute Gasteiger partial charge is 0.202 e. The van der Waals surface area contributed by atoms with E-state index < -0.39 is 0 Å². The average Bonchev–Trinajstić information content (AvgIpc) is 2.61. The molecule has 0 saturated carbocycles. The van der Waals surface area contributed by atoms with Gasteiger partial charge in [-0.15, -0.1) is 0 Å². The summed E-state index contributed by atoms with van der Waals surface area (Å²) in [5.74, 6) is 2.15. The zero-order chi connectivity index (χ0) is 16.8. The molecule has 0 amide bonds. The molecule has 0 aromatic heterocycles. The first kappa shape index (κ1) is 15.9. The number of phenolic OH excluding ortho intramolecular Hbond substituents is 1. The van der Waals surface area contributed by atoms with Crippen molar-refractivity contribution in [2.75, 3.05) is 0 Å². The van der Waals surface area contributed by atoms with Gasteiger partial charge < -0.3 is 14.6 Å². The summed E-state index contributed by atoms with van der Waals surface area (Å²) in [6, 6.07) is 22.5. The predicted octanol–water partition coefficient (Wildman–Crippen LogP) is 5.93. The van der Waals surface area contributed by atoms with E-state index in [0.717, 1.165) is 18.4 Å². The van der Waals surface area contributed by atoms with Gasteiger partial charge in [0.25, 0.3) is 0 Å². The minimum Gasteiger partial charge on any atom is -0.502 e. The van der Waals surface area contributed by atoms with Crippen LogP contribution in [0.15, 0.2) is 72.8 Å². The Morgan fingerprint density at radius 1 is 0.750 bits per heavy atom. The van der Waals surface area contributed by atoms with Crippen LogP contribution in [-0.2, 0) is 6.42 Å². The highest BCUT2D eigenvalue weighted by Gasteiger charge is 2.14. The van der Waals surface area contributed by atoms with Crippen molar-refractivity contribution in [2.24, 2.45) is 0 Å². The van der Waals surface area contributed by atoms with E-state index >= 15 is 0 Å². The van der Waals surface area contributed by atoms with Crippen LogP contribution >= 0.6 is 0 Å². The Balaban J connectivity index is 1.95. The number of hydrogen-bond acceptors (Lipinski definition) is 3. The molecule has 0 radical (unpaired) electrons. The number of hydrogen-bond donors (Lipinski definition) is 1. The van der Waals surface area contributed by atoms with Crippen LogP contribution in [0, 0.1) is 0 Å². The number of aromatic hydroxyl groups is 1. The van der Waals surface area contributed by atoms with E-state index in [2.05, 4.69) is 6.92 Å².